The minimum absolute atomic E-state index is 0.234. The van der Waals surface area contributed by atoms with Crippen molar-refractivity contribution in [2.75, 3.05) is 5.32 Å². The van der Waals surface area contributed by atoms with Crippen LogP contribution in [0, 0.1) is 17.2 Å². The van der Waals surface area contributed by atoms with E-state index in [9.17, 15) is 10.1 Å². The Labute approximate surface area is 120 Å². The highest BCUT2D eigenvalue weighted by atomic mass is 32.1. The normalized spacial score (nSPS) is 17.3. The van der Waals surface area contributed by atoms with Crippen molar-refractivity contribution >= 4 is 22.2 Å². The number of hydrogen-bond acceptors (Lipinski definition) is 4. The Morgan fingerprint density at radius 3 is 3.20 bits per heavy atom. The topological polar surface area (TPSA) is 81.6 Å². The number of H-pyrrole nitrogens is 1. The second-order valence-corrected chi connectivity index (χ2v) is 6.21. The number of amides is 1. The van der Waals surface area contributed by atoms with Gasteiger partial charge in [-0.2, -0.15) is 10.4 Å². The minimum Gasteiger partial charge on any atom is -0.312 e. The Hall–Kier alpha value is -2.13. The number of anilines is 1. The van der Waals surface area contributed by atoms with Gasteiger partial charge in [0.1, 0.15) is 11.1 Å². The molecule has 0 saturated heterocycles. The van der Waals surface area contributed by atoms with Crippen LogP contribution < -0.4 is 5.32 Å². The molecule has 0 aliphatic heterocycles. The molecule has 2 aromatic rings. The molecule has 0 bridgehead atoms. The fourth-order valence-electron chi connectivity index (χ4n) is 2.51. The molecule has 0 fully saturated rings. The van der Waals surface area contributed by atoms with Gasteiger partial charge in [-0.1, -0.05) is 6.92 Å². The van der Waals surface area contributed by atoms with Crippen LogP contribution in [0.5, 0.6) is 0 Å². The maximum Gasteiger partial charge on any atom is 0.259 e. The zero-order valence-corrected chi connectivity index (χ0v) is 11.9. The average Bonchev–Trinajstić information content (AvgIpc) is 3.04. The van der Waals surface area contributed by atoms with Gasteiger partial charge in [0.05, 0.1) is 17.3 Å². The molecule has 0 aromatic carbocycles. The van der Waals surface area contributed by atoms with E-state index in [2.05, 4.69) is 28.5 Å². The fraction of sp³-hybridized carbons (Fsp3) is 0.357. The SMILES string of the molecule is CC1CCc2c(sc(NC(=O)c3cn[nH]c3)c2C#N)C1. The molecular formula is C14H14N4OS. The van der Waals surface area contributed by atoms with Crippen LogP contribution in [0.2, 0.25) is 0 Å². The highest BCUT2D eigenvalue weighted by molar-refractivity contribution is 7.16. The van der Waals surface area contributed by atoms with Crippen molar-refractivity contribution in [3.8, 4) is 6.07 Å². The molecule has 0 spiro atoms. The van der Waals surface area contributed by atoms with E-state index in [1.165, 1.54) is 28.6 Å². The molecule has 102 valence electrons. The summed E-state index contributed by atoms with van der Waals surface area (Å²) in [6.45, 7) is 2.22. The van der Waals surface area contributed by atoms with E-state index >= 15 is 0 Å². The number of carbonyl (C=O) groups is 1. The molecule has 1 unspecified atom stereocenters. The first-order chi connectivity index (χ1) is 9.69. The zero-order valence-electron chi connectivity index (χ0n) is 11.1. The maximum absolute atomic E-state index is 12.0. The molecule has 1 aliphatic rings. The Bertz CT molecular complexity index is 681. The average molecular weight is 286 g/mol. The van der Waals surface area contributed by atoms with Crippen LogP contribution in [-0.2, 0) is 12.8 Å². The van der Waals surface area contributed by atoms with Gasteiger partial charge in [-0.3, -0.25) is 9.89 Å². The molecule has 0 saturated carbocycles. The third kappa shape index (κ3) is 2.21. The van der Waals surface area contributed by atoms with Crippen molar-refractivity contribution in [1.29, 1.82) is 5.26 Å². The zero-order chi connectivity index (χ0) is 14.1. The summed E-state index contributed by atoms with van der Waals surface area (Å²) < 4.78 is 0. The first-order valence-electron chi connectivity index (χ1n) is 6.53. The van der Waals surface area contributed by atoms with Crippen molar-refractivity contribution < 1.29 is 4.79 Å². The summed E-state index contributed by atoms with van der Waals surface area (Å²) in [5.74, 6) is 0.409. The van der Waals surface area contributed by atoms with Crippen molar-refractivity contribution in [2.45, 2.75) is 26.2 Å². The van der Waals surface area contributed by atoms with E-state index in [0.717, 1.165) is 24.8 Å². The van der Waals surface area contributed by atoms with Crippen LogP contribution in [-0.4, -0.2) is 16.1 Å². The number of rotatable bonds is 2. The molecule has 5 nitrogen and oxygen atoms in total. The van der Waals surface area contributed by atoms with E-state index in [4.69, 9.17) is 0 Å². The van der Waals surface area contributed by atoms with Gasteiger partial charge in [0.2, 0.25) is 0 Å². The molecule has 1 amide bonds. The molecule has 2 aromatic heterocycles. The number of aromatic amines is 1. The van der Waals surface area contributed by atoms with Crippen LogP contribution in [0.15, 0.2) is 12.4 Å². The van der Waals surface area contributed by atoms with Crippen LogP contribution in [0.4, 0.5) is 5.00 Å². The molecule has 6 heteroatoms. The highest BCUT2D eigenvalue weighted by Gasteiger charge is 2.24. The second kappa shape index (κ2) is 5.10. The lowest BCUT2D eigenvalue weighted by molar-refractivity contribution is 0.102. The van der Waals surface area contributed by atoms with Crippen molar-refractivity contribution in [1.82, 2.24) is 10.2 Å². The van der Waals surface area contributed by atoms with Gasteiger partial charge >= 0.3 is 0 Å². The van der Waals surface area contributed by atoms with Gasteiger partial charge < -0.3 is 5.32 Å². The lowest BCUT2D eigenvalue weighted by Crippen LogP contribution is -2.11. The maximum atomic E-state index is 12.0. The van der Waals surface area contributed by atoms with Crippen molar-refractivity contribution in [3.05, 3.63) is 34.0 Å². The second-order valence-electron chi connectivity index (χ2n) is 5.11. The number of aromatic nitrogens is 2. The molecule has 0 radical (unpaired) electrons. The van der Waals surface area contributed by atoms with Crippen molar-refractivity contribution in [3.63, 3.8) is 0 Å². The van der Waals surface area contributed by atoms with Gasteiger partial charge in [0.15, 0.2) is 0 Å². The smallest absolute Gasteiger partial charge is 0.259 e. The number of carbonyl (C=O) groups excluding carboxylic acids is 1. The third-order valence-electron chi connectivity index (χ3n) is 3.61. The van der Waals surface area contributed by atoms with Crippen LogP contribution in [0.1, 0.15) is 39.7 Å². The first kappa shape index (κ1) is 12.9. The lowest BCUT2D eigenvalue weighted by Gasteiger charge is -2.17. The standard InChI is InChI=1S/C14H14N4OS/c1-8-2-3-10-11(5-15)14(20-12(10)4-8)18-13(19)9-6-16-17-7-9/h6-8H,2-4H2,1H3,(H,16,17)(H,18,19). The summed E-state index contributed by atoms with van der Waals surface area (Å²) in [6, 6.07) is 2.24. The van der Waals surface area contributed by atoms with Crippen molar-refractivity contribution in [2.24, 2.45) is 5.92 Å². The summed E-state index contributed by atoms with van der Waals surface area (Å²) >= 11 is 1.53. The van der Waals surface area contributed by atoms with Gasteiger partial charge in [-0.05, 0) is 30.7 Å². The number of fused-ring (bicyclic) bond motifs is 1. The number of hydrogen-bond donors (Lipinski definition) is 2. The quantitative estimate of drug-likeness (QED) is 0.890. The van der Waals surface area contributed by atoms with E-state index < -0.39 is 0 Å². The van der Waals surface area contributed by atoms with Crippen LogP contribution >= 0.6 is 11.3 Å². The number of nitriles is 1. The number of thiophene rings is 1. The minimum atomic E-state index is -0.234. The predicted molar refractivity (Wildman–Crippen MR) is 76.8 cm³/mol. The molecule has 2 N–H and O–H groups in total. The fourth-order valence-corrected chi connectivity index (χ4v) is 3.86. The molecule has 1 aliphatic carbocycles. The van der Waals surface area contributed by atoms with Gasteiger partial charge in [0.25, 0.3) is 5.91 Å². The predicted octanol–water partition coefficient (Wildman–Crippen LogP) is 2.72. The van der Waals surface area contributed by atoms with Gasteiger partial charge in [-0.15, -0.1) is 11.3 Å². The van der Waals surface area contributed by atoms with Gasteiger partial charge in [-0.25, -0.2) is 0 Å². The van der Waals surface area contributed by atoms with Crippen LogP contribution in [0.25, 0.3) is 0 Å². The molecule has 1 atom stereocenters. The summed E-state index contributed by atoms with van der Waals surface area (Å²) in [7, 11) is 0. The molecule has 20 heavy (non-hydrogen) atoms. The largest absolute Gasteiger partial charge is 0.312 e. The summed E-state index contributed by atoms with van der Waals surface area (Å²) in [5, 5.41) is 19.2. The van der Waals surface area contributed by atoms with E-state index in [0.29, 0.717) is 22.0 Å². The Morgan fingerprint density at radius 1 is 1.65 bits per heavy atom. The third-order valence-corrected chi connectivity index (χ3v) is 4.78. The van der Waals surface area contributed by atoms with Gasteiger partial charge in [0, 0.05) is 11.1 Å². The Kier molecular flexibility index (Phi) is 3.28. The Balaban J connectivity index is 1.91. The Morgan fingerprint density at radius 2 is 2.50 bits per heavy atom. The number of nitrogens with zero attached hydrogens (tertiary/aromatic N) is 2. The van der Waals surface area contributed by atoms with Crippen LogP contribution in [0.3, 0.4) is 0 Å². The van der Waals surface area contributed by atoms with E-state index in [1.807, 2.05) is 0 Å². The summed E-state index contributed by atoms with van der Waals surface area (Å²) in [6.07, 6.45) is 6.04. The van der Waals surface area contributed by atoms with E-state index in [-0.39, 0.29) is 5.91 Å². The first-order valence-corrected chi connectivity index (χ1v) is 7.35. The highest BCUT2D eigenvalue weighted by Crippen LogP contribution is 2.39. The lowest BCUT2D eigenvalue weighted by atomic mass is 9.88. The summed E-state index contributed by atoms with van der Waals surface area (Å²) in [4.78, 5) is 13.3. The van der Waals surface area contributed by atoms with E-state index in [1.54, 1.807) is 0 Å². The summed E-state index contributed by atoms with van der Waals surface area (Å²) in [5.41, 5.74) is 2.22. The monoisotopic (exact) mass is 286 g/mol. The molecular weight excluding hydrogens is 272 g/mol. The molecule has 2 heterocycles. The molecule has 3 rings (SSSR count). The number of nitrogens with one attached hydrogen (secondary N) is 2.